The monoisotopic (exact) mass is 396 g/mol. The van der Waals surface area contributed by atoms with E-state index in [2.05, 4.69) is 16.7 Å². The summed E-state index contributed by atoms with van der Waals surface area (Å²) in [4.78, 5) is 15.2. The molecule has 0 N–H and O–H groups in total. The van der Waals surface area contributed by atoms with Gasteiger partial charge in [0, 0.05) is 38.3 Å². The van der Waals surface area contributed by atoms with Gasteiger partial charge in [-0.3, -0.25) is 15.0 Å². The molecular weight excluding hydrogens is 368 g/mol. The highest BCUT2D eigenvalue weighted by Crippen LogP contribution is 2.27. The molecule has 150 valence electrons. The summed E-state index contributed by atoms with van der Waals surface area (Å²) in [5.74, 6) is 0. The van der Waals surface area contributed by atoms with Crippen LogP contribution in [0.3, 0.4) is 0 Å². The average Bonchev–Trinajstić information content (AvgIpc) is 2.69. The number of para-hydroxylation sites is 1. The van der Waals surface area contributed by atoms with Crippen LogP contribution in [0.25, 0.3) is 0 Å². The van der Waals surface area contributed by atoms with Crippen LogP contribution in [0, 0.1) is 10.1 Å². The summed E-state index contributed by atoms with van der Waals surface area (Å²) < 4.78 is 27.2. The predicted octanol–water partition coefficient (Wildman–Crippen LogP) is 1.78. The molecule has 2 aliphatic rings. The van der Waals surface area contributed by atoms with E-state index in [0.717, 1.165) is 32.5 Å². The van der Waals surface area contributed by atoms with Gasteiger partial charge in [-0.05, 0) is 45.0 Å². The van der Waals surface area contributed by atoms with Gasteiger partial charge in [0.1, 0.15) is 0 Å². The third kappa shape index (κ3) is 4.48. The van der Waals surface area contributed by atoms with Crippen molar-refractivity contribution in [2.45, 2.75) is 37.1 Å². The number of hydrogen-bond donors (Lipinski definition) is 0. The van der Waals surface area contributed by atoms with Crippen LogP contribution in [0.1, 0.15) is 26.2 Å². The molecular formula is C18H28N4O4S. The van der Waals surface area contributed by atoms with Crippen LogP contribution < -0.4 is 0 Å². The summed E-state index contributed by atoms with van der Waals surface area (Å²) >= 11 is 0. The Morgan fingerprint density at radius 2 is 1.70 bits per heavy atom. The fraction of sp³-hybridized carbons (Fsp3) is 0.667. The summed E-state index contributed by atoms with van der Waals surface area (Å²) in [6.07, 6.45) is 3.42. The molecule has 0 atom stereocenters. The van der Waals surface area contributed by atoms with Gasteiger partial charge in [-0.25, -0.2) is 8.42 Å². The molecule has 0 radical (unpaired) electrons. The Balaban J connectivity index is 1.62. The van der Waals surface area contributed by atoms with E-state index in [1.807, 2.05) is 0 Å². The first-order valence-corrected chi connectivity index (χ1v) is 11.1. The highest BCUT2D eigenvalue weighted by atomic mass is 32.2. The van der Waals surface area contributed by atoms with Crippen LogP contribution in [-0.2, 0) is 10.0 Å². The largest absolute Gasteiger partial charge is 0.303 e. The van der Waals surface area contributed by atoms with Gasteiger partial charge in [0.2, 0.25) is 10.0 Å². The molecule has 0 bridgehead atoms. The number of rotatable bonds is 6. The van der Waals surface area contributed by atoms with Crippen molar-refractivity contribution in [3.05, 3.63) is 34.4 Å². The minimum atomic E-state index is -3.85. The summed E-state index contributed by atoms with van der Waals surface area (Å²) in [7, 11) is -3.85. The highest BCUT2D eigenvalue weighted by molar-refractivity contribution is 7.89. The number of nitro benzene ring substituents is 1. The summed E-state index contributed by atoms with van der Waals surface area (Å²) in [5, 5.41) is 11.2. The topological polar surface area (TPSA) is 87.0 Å². The smallest absolute Gasteiger partial charge is 0.289 e. The first-order valence-electron chi connectivity index (χ1n) is 9.63. The van der Waals surface area contributed by atoms with Crippen LogP contribution in [0.4, 0.5) is 5.69 Å². The van der Waals surface area contributed by atoms with Crippen LogP contribution in [0.2, 0.25) is 0 Å². The lowest BCUT2D eigenvalue weighted by Gasteiger charge is -2.42. The fourth-order valence-electron chi connectivity index (χ4n) is 4.10. The molecule has 1 aromatic rings. The molecule has 2 aliphatic heterocycles. The highest BCUT2D eigenvalue weighted by Gasteiger charge is 2.35. The number of piperidine rings is 1. The quantitative estimate of drug-likeness (QED) is 0.538. The molecule has 0 spiro atoms. The van der Waals surface area contributed by atoms with Crippen LogP contribution in [0.5, 0.6) is 0 Å². The molecule has 1 aromatic carbocycles. The minimum absolute atomic E-state index is 0.212. The molecule has 27 heavy (non-hydrogen) atoms. The number of nitrogens with zero attached hydrogens (tertiary/aromatic N) is 4. The average molecular weight is 397 g/mol. The maximum atomic E-state index is 12.9. The van der Waals surface area contributed by atoms with Crippen LogP contribution in [-0.4, -0.2) is 79.3 Å². The Bertz CT molecular complexity index is 754. The van der Waals surface area contributed by atoms with Crippen molar-refractivity contribution in [2.75, 3.05) is 45.8 Å². The molecule has 8 nitrogen and oxygen atoms in total. The predicted molar refractivity (Wildman–Crippen MR) is 103 cm³/mol. The lowest BCUT2D eigenvalue weighted by Crippen LogP contribution is -2.54. The van der Waals surface area contributed by atoms with E-state index in [0.29, 0.717) is 32.2 Å². The summed E-state index contributed by atoms with van der Waals surface area (Å²) in [6.45, 7) is 7.67. The molecule has 0 amide bonds. The van der Waals surface area contributed by atoms with Gasteiger partial charge in [-0.2, -0.15) is 4.31 Å². The SMILES string of the molecule is CCCN1CCC(N2CCN(S(=O)(=O)c3ccccc3[N+](=O)[O-])CC2)CC1. The number of benzene rings is 1. The second-order valence-corrected chi connectivity index (χ2v) is 9.14. The first-order chi connectivity index (χ1) is 12.9. The Hall–Kier alpha value is -1.55. The molecule has 2 heterocycles. The van der Waals surface area contributed by atoms with Crippen LogP contribution in [0.15, 0.2) is 29.2 Å². The third-order valence-corrected chi connectivity index (χ3v) is 7.51. The van der Waals surface area contributed by atoms with Crippen molar-refractivity contribution in [3.8, 4) is 0 Å². The number of likely N-dealkylation sites (tertiary alicyclic amines) is 1. The second-order valence-electron chi connectivity index (χ2n) is 7.24. The van der Waals surface area contributed by atoms with E-state index in [1.165, 1.54) is 35.0 Å². The van der Waals surface area contributed by atoms with Gasteiger partial charge >= 0.3 is 0 Å². The second kappa shape index (κ2) is 8.64. The standard InChI is InChI=1S/C18H28N4O4S/c1-2-9-19-10-7-16(8-11-19)20-12-14-21(15-13-20)27(25,26)18-6-4-3-5-17(18)22(23)24/h3-6,16H,2,7-15H2,1H3. The normalized spacial score (nSPS) is 21.4. The molecule has 0 unspecified atom stereocenters. The number of piperazine rings is 1. The molecule has 0 aromatic heterocycles. The van der Waals surface area contributed by atoms with Crippen molar-refractivity contribution >= 4 is 15.7 Å². The Labute approximate surface area is 160 Å². The van der Waals surface area contributed by atoms with Crippen molar-refractivity contribution in [1.29, 1.82) is 0 Å². The van der Waals surface area contributed by atoms with Gasteiger partial charge in [0.05, 0.1) is 4.92 Å². The maximum absolute atomic E-state index is 12.9. The molecule has 2 fully saturated rings. The number of nitro groups is 1. The van der Waals surface area contributed by atoms with Crippen LogP contribution >= 0.6 is 0 Å². The van der Waals surface area contributed by atoms with Gasteiger partial charge < -0.3 is 4.90 Å². The number of hydrogen-bond acceptors (Lipinski definition) is 6. The molecule has 2 saturated heterocycles. The summed E-state index contributed by atoms with van der Waals surface area (Å²) in [6, 6.07) is 6.09. The summed E-state index contributed by atoms with van der Waals surface area (Å²) in [5.41, 5.74) is -0.358. The van der Waals surface area contributed by atoms with Gasteiger partial charge in [-0.1, -0.05) is 19.1 Å². The zero-order valence-electron chi connectivity index (χ0n) is 15.8. The lowest BCUT2D eigenvalue weighted by atomic mass is 10.0. The molecule has 0 aliphatic carbocycles. The Morgan fingerprint density at radius 3 is 2.30 bits per heavy atom. The van der Waals surface area contributed by atoms with E-state index in [-0.39, 0.29) is 10.6 Å². The van der Waals surface area contributed by atoms with Crippen molar-refractivity contribution < 1.29 is 13.3 Å². The Morgan fingerprint density at radius 1 is 1.07 bits per heavy atom. The van der Waals surface area contributed by atoms with Gasteiger partial charge in [0.25, 0.3) is 5.69 Å². The van der Waals surface area contributed by atoms with E-state index in [4.69, 9.17) is 0 Å². The first kappa shape index (κ1) is 20.2. The molecule has 3 rings (SSSR count). The fourth-order valence-corrected chi connectivity index (χ4v) is 5.68. The van der Waals surface area contributed by atoms with E-state index >= 15 is 0 Å². The maximum Gasteiger partial charge on any atom is 0.289 e. The Kier molecular flexibility index (Phi) is 6.46. The van der Waals surface area contributed by atoms with Crippen molar-refractivity contribution in [2.24, 2.45) is 0 Å². The zero-order valence-corrected chi connectivity index (χ0v) is 16.6. The molecule has 0 saturated carbocycles. The van der Waals surface area contributed by atoms with E-state index < -0.39 is 14.9 Å². The van der Waals surface area contributed by atoms with Gasteiger partial charge in [0.15, 0.2) is 4.90 Å². The van der Waals surface area contributed by atoms with Crippen molar-refractivity contribution in [1.82, 2.24) is 14.1 Å². The van der Waals surface area contributed by atoms with Crippen molar-refractivity contribution in [3.63, 3.8) is 0 Å². The van der Waals surface area contributed by atoms with E-state index in [1.54, 1.807) is 0 Å². The number of sulfonamides is 1. The zero-order chi connectivity index (χ0) is 19.4. The van der Waals surface area contributed by atoms with Gasteiger partial charge in [-0.15, -0.1) is 0 Å². The minimum Gasteiger partial charge on any atom is -0.303 e. The lowest BCUT2D eigenvalue weighted by molar-refractivity contribution is -0.387. The molecule has 9 heteroatoms. The van der Waals surface area contributed by atoms with E-state index in [9.17, 15) is 18.5 Å². The third-order valence-electron chi connectivity index (χ3n) is 5.57.